The first-order valence-corrected chi connectivity index (χ1v) is 7.11. The van der Waals surface area contributed by atoms with E-state index in [-0.39, 0.29) is 23.7 Å². The van der Waals surface area contributed by atoms with Crippen molar-refractivity contribution in [3.05, 3.63) is 36.1 Å². The maximum atomic E-state index is 12.6. The molecule has 2 bridgehead atoms. The molecule has 1 aliphatic heterocycles. The second-order valence-electron chi connectivity index (χ2n) is 6.22. The van der Waals surface area contributed by atoms with Gasteiger partial charge in [-0.05, 0) is 36.7 Å². The molecule has 3 nitrogen and oxygen atoms in total. The minimum absolute atomic E-state index is 0.0249. The van der Waals surface area contributed by atoms with Crippen LogP contribution >= 0.6 is 0 Å². The van der Waals surface area contributed by atoms with E-state index in [2.05, 4.69) is 25.2 Å². The number of imide groups is 1. The number of carbonyl (C=O) groups excluding carboxylic acids is 2. The molecule has 19 heavy (non-hydrogen) atoms. The van der Waals surface area contributed by atoms with Crippen molar-refractivity contribution < 1.29 is 9.59 Å². The third-order valence-electron chi connectivity index (χ3n) is 4.98. The van der Waals surface area contributed by atoms with Gasteiger partial charge in [0.05, 0.1) is 11.8 Å². The van der Waals surface area contributed by atoms with Gasteiger partial charge in [0.15, 0.2) is 0 Å². The number of carbonyl (C=O) groups is 2. The van der Waals surface area contributed by atoms with Gasteiger partial charge in [-0.15, -0.1) is 0 Å². The summed E-state index contributed by atoms with van der Waals surface area (Å²) in [6, 6.07) is 0. The second kappa shape index (κ2) is 3.69. The first-order chi connectivity index (χ1) is 9.16. The molecule has 0 aromatic heterocycles. The van der Waals surface area contributed by atoms with Crippen molar-refractivity contribution >= 4 is 11.8 Å². The van der Waals surface area contributed by atoms with Gasteiger partial charge in [-0.1, -0.05) is 31.2 Å². The van der Waals surface area contributed by atoms with E-state index in [1.165, 1.54) is 4.90 Å². The number of hydrogen-bond acceptors (Lipinski definition) is 2. The molecule has 0 radical (unpaired) electrons. The van der Waals surface area contributed by atoms with Gasteiger partial charge >= 0.3 is 0 Å². The third-order valence-corrected chi connectivity index (χ3v) is 4.98. The minimum Gasteiger partial charge on any atom is -0.274 e. The molecular formula is C16H17NO2. The number of allylic oxidation sites excluding steroid dienone is 5. The van der Waals surface area contributed by atoms with Crippen LogP contribution in [0, 0.1) is 29.6 Å². The van der Waals surface area contributed by atoms with Crippen molar-refractivity contribution in [1.82, 2.24) is 4.90 Å². The van der Waals surface area contributed by atoms with Gasteiger partial charge in [-0.3, -0.25) is 14.5 Å². The van der Waals surface area contributed by atoms with Crippen molar-refractivity contribution in [2.45, 2.75) is 19.8 Å². The van der Waals surface area contributed by atoms with E-state index in [0.29, 0.717) is 17.8 Å². The highest BCUT2D eigenvalue weighted by Gasteiger charge is 2.59. The Morgan fingerprint density at radius 1 is 1.11 bits per heavy atom. The predicted octanol–water partition coefficient (Wildman–Crippen LogP) is 2.27. The Morgan fingerprint density at radius 3 is 2.32 bits per heavy atom. The molecule has 98 valence electrons. The van der Waals surface area contributed by atoms with Crippen molar-refractivity contribution in [3.8, 4) is 0 Å². The molecule has 0 aromatic rings. The SMILES string of the molecule is CC1C=C(N2C(=O)C3C4C=CC(C4)C3C2=O)C=CC1. The van der Waals surface area contributed by atoms with Crippen LogP contribution in [0.15, 0.2) is 36.1 Å². The molecule has 1 heterocycles. The molecule has 3 heteroatoms. The molecule has 0 N–H and O–H groups in total. The largest absolute Gasteiger partial charge is 0.274 e. The highest BCUT2D eigenvalue weighted by atomic mass is 16.2. The summed E-state index contributed by atoms with van der Waals surface area (Å²) >= 11 is 0. The lowest BCUT2D eigenvalue weighted by Gasteiger charge is -2.21. The normalized spacial score (nSPS) is 43.1. The summed E-state index contributed by atoms with van der Waals surface area (Å²) in [6.07, 6.45) is 12.3. The molecule has 1 saturated carbocycles. The number of hydrogen-bond donors (Lipinski definition) is 0. The van der Waals surface area contributed by atoms with Crippen LogP contribution in [0.3, 0.4) is 0 Å². The van der Waals surface area contributed by atoms with Gasteiger partial charge in [-0.25, -0.2) is 0 Å². The summed E-state index contributed by atoms with van der Waals surface area (Å²) in [5.74, 6) is 0.858. The molecule has 0 aromatic carbocycles. The fraction of sp³-hybridized carbons (Fsp3) is 0.500. The Bertz CT molecular complexity index is 527. The van der Waals surface area contributed by atoms with Crippen molar-refractivity contribution in [3.63, 3.8) is 0 Å². The fourth-order valence-corrected chi connectivity index (χ4v) is 4.12. The highest BCUT2D eigenvalue weighted by molar-refractivity contribution is 6.08. The van der Waals surface area contributed by atoms with Crippen LogP contribution in [-0.2, 0) is 9.59 Å². The Morgan fingerprint density at radius 2 is 1.74 bits per heavy atom. The molecule has 1 saturated heterocycles. The highest BCUT2D eigenvalue weighted by Crippen LogP contribution is 2.53. The molecule has 5 unspecified atom stereocenters. The summed E-state index contributed by atoms with van der Waals surface area (Å²) in [5.41, 5.74) is 0.794. The fourth-order valence-electron chi connectivity index (χ4n) is 4.12. The summed E-state index contributed by atoms with van der Waals surface area (Å²) < 4.78 is 0. The summed E-state index contributed by atoms with van der Waals surface area (Å²) in [7, 11) is 0. The van der Waals surface area contributed by atoms with Crippen LogP contribution in [0.2, 0.25) is 0 Å². The smallest absolute Gasteiger partial charge is 0.238 e. The molecule has 4 aliphatic rings. The average molecular weight is 255 g/mol. The number of likely N-dealkylation sites (tertiary alicyclic amines) is 1. The lowest BCUT2D eigenvalue weighted by molar-refractivity contribution is -0.138. The van der Waals surface area contributed by atoms with E-state index in [0.717, 1.165) is 18.5 Å². The summed E-state index contributed by atoms with van der Waals surface area (Å²) in [5, 5.41) is 0. The number of rotatable bonds is 1. The standard InChI is InChI=1S/C16H17NO2/c1-9-3-2-4-12(7-9)17-15(18)13-10-5-6-11(8-10)14(13)16(17)19/h2,4-7,9-11,13-14H,3,8H2,1H3. The van der Waals surface area contributed by atoms with Crippen LogP contribution in [0.1, 0.15) is 19.8 Å². The van der Waals surface area contributed by atoms with E-state index in [1.807, 2.05) is 12.2 Å². The third kappa shape index (κ3) is 1.38. The summed E-state index contributed by atoms with van der Waals surface area (Å²) in [4.78, 5) is 26.6. The summed E-state index contributed by atoms with van der Waals surface area (Å²) in [6.45, 7) is 2.11. The lowest BCUT2D eigenvalue weighted by Crippen LogP contribution is -2.32. The molecule has 4 rings (SSSR count). The van der Waals surface area contributed by atoms with Crippen LogP contribution in [0.25, 0.3) is 0 Å². The maximum absolute atomic E-state index is 12.6. The second-order valence-corrected chi connectivity index (χ2v) is 6.22. The molecule has 3 aliphatic carbocycles. The van der Waals surface area contributed by atoms with Crippen molar-refractivity contribution in [2.75, 3.05) is 0 Å². The zero-order valence-corrected chi connectivity index (χ0v) is 11.0. The minimum atomic E-state index is -0.0889. The number of nitrogens with zero attached hydrogens (tertiary/aromatic N) is 1. The zero-order chi connectivity index (χ0) is 13.1. The van der Waals surface area contributed by atoms with Gasteiger partial charge in [0, 0.05) is 5.70 Å². The predicted molar refractivity (Wildman–Crippen MR) is 70.6 cm³/mol. The van der Waals surface area contributed by atoms with E-state index in [4.69, 9.17) is 0 Å². The van der Waals surface area contributed by atoms with Crippen LogP contribution in [0.5, 0.6) is 0 Å². The van der Waals surface area contributed by atoms with E-state index < -0.39 is 0 Å². The molecular weight excluding hydrogens is 238 g/mol. The van der Waals surface area contributed by atoms with Crippen molar-refractivity contribution in [1.29, 1.82) is 0 Å². The van der Waals surface area contributed by atoms with Crippen LogP contribution < -0.4 is 0 Å². The van der Waals surface area contributed by atoms with Gasteiger partial charge in [-0.2, -0.15) is 0 Å². The number of amides is 2. The van der Waals surface area contributed by atoms with Gasteiger partial charge in [0.2, 0.25) is 11.8 Å². The molecule has 0 spiro atoms. The Kier molecular flexibility index (Phi) is 2.17. The molecule has 2 fully saturated rings. The van der Waals surface area contributed by atoms with Crippen molar-refractivity contribution in [2.24, 2.45) is 29.6 Å². The van der Waals surface area contributed by atoms with E-state index in [9.17, 15) is 9.59 Å². The first kappa shape index (κ1) is 11.2. The van der Waals surface area contributed by atoms with E-state index in [1.54, 1.807) is 0 Å². The first-order valence-electron chi connectivity index (χ1n) is 7.11. The molecule has 2 amide bonds. The number of fused-ring (bicyclic) bond motifs is 5. The maximum Gasteiger partial charge on any atom is 0.238 e. The van der Waals surface area contributed by atoms with E-state index >= 15 is 0 Å². The topological polar surface area (TPSA) is 37.4 Å². The lowest BCUT2D eigenvalue weighted by atomic mass is 9.85. The Hall–Kier alpha value is -1.64. The van der Waals surface area contributed by atoms with Gasteiger partial charge < -0.3 is 0 Å². The molecule has 5 atom stereocenters. The quantitative estimate of drug-likeness (QED) is 0.532. The Labute approximate surface area is 112 Å². The van der Waals surface area contributed by atoms with Gasteiger partial charge in [0.25, 0.3) is 0 Å². The van der Waals surface area contributed by atoms with Crippen LogP contribution in [-0.4, -0.2) is 16.7 Å². The average Bonchev–Trinajstić information content (AvgIpc) is 3.04. The monoisotopic (exact) mass is 255 g/mol. The Balaban J connectivity index is 1.71. The zero-order valence-electron chi connectivity index (χ0n) is 11.0. The van der Waals surface area contributed by atoms with Gasteiger partial charge in [0.1, 0.15) is 0 Å². The van der Waals surface area contributed by atoms with Crippen LogP contribution in [0.4, 0.5) is 0 Å².